The number of benzene rings is 3. The van der Waals surface area contributed by atoms with Crippen molar-refractivity contribution >= 4 is 33.1 Å². The highest BCUT2D eigenvalue weighted by atomic mass is 32.1. The zero-order chi connectivity index (χ0) is 18.4. The standard InChI is InChI=1S/C22H16N2O2S/c1-26-15-9-10-17-14(11-15)12-19-20(17)23-22(27-19)24-21(25)18-8-4-6-13-5-2-3-7-16(13)18/h2-11H,12H2,1H3,(H,23,24,25). The summed E-state index contributed by atoms with van der Waals surface area (Å²) in [7, 11) is 1.67. The first-order valence-corrected chi connectivity index (χ1v) is 9.50. The van der Waals surface area contributed by atoms with E-state index in [1.54, 1.807) is 7.11 Å². The van der Waals surface area contributed by atoms with Gasteiger partial charge in [0.2, 0.25) is 0 Å². The van der Waals surface area contributed by atoms with Gasteiger partial charge >= 0.3 is 0 Å². The van der Waals surface area contributed by atoms with Crippen LogP contribution in [0.4, 0.5) is 5.13 Å². The maximum atomic E-state index is 12.8. The monoisotopic (exact) mass is 372 g/mol. The van der Waals surface area contributed by atoms with E-state index >= 15 is 0 Å². The minimum atomic E-state index is -0.130. The lowest BCUT2D eigenvalue weighted by molar-refractivity contribution is 0.102. The predicted octanol–water partition coefficient (Wildman–Crippen LogP) is 5.13. The van der Waals surface area contributed by atoms with Crippen molar-refractivity contribution in [3.05, 3.63) is 76.7 Å². The Balaban J connectivity index is 1.45. The molecule has 1 N–H and O–H groups in total. The van der Waals surface area contributed by atoms with E-state index in [0.717, 1.165) is 34.2 Å². The second kappa shape index (κ2) is 6.21. The maximum Gasteiger partial charge on any atom is 0.258 e. The summed E-state index contributed by atoms with van der Waals surface area (Å²) < 4.78 is 5.30. The molecule has 1 amide bonds. The van der Waals surface area contributed by atoms with Crippen LogP contribution in [0.25, 0.3) is 22.0 Å². The number of rotatable bonds is 3. The first kappa shape index (κ1) is 16.0. The third-order valence-corrected chi connectivity index (χ3v) is 5.84. The number of fused-ring (bicyclic) bond motifs is 4. The third-order valence-electron chi connectivity index (χ3n) is 4.87. The molecule has 4 aromatic rings. The summed E-state index contributed by atoms with van der Waals surface area (Å²) in [6, 6.07) is 19.7. The molecule has 1 aliphatic carbocycles. The lowest BCUT2D eigenvalue weighted by Gasteiger charge is -2.06. The molecule has 1 heterocycles. The second-order valence-corrected chi connectivity index (χ2v) is 7.56. The number of carbonyl (C=O) groups excluding carboxylic acids is 1. The van der Waals surface area contributed by atoms with Crippen LogP contribution in [-0.4, -0.2) is 18.0 Å². The summed E-state index contributed by atoms with van der Waals surface area (Å²) in [5.41, 5.74) is 3.96. The molecule has 0 atom stereocenters. The van der Waals surface area contributed by atoms with Gasteiger partial charge in [-0.15, -0.1) is 11.3 Å². The van der Waals surface area contributed by atoms with Crippen molar-refractivity contribution < 1.29 is 9.53 Å². The van der Waals surface area contributed by atoms with Crippen LogP contribution in [0.2, 0.25) is 0 Å². The van der Waals surface area contributed by atoms with Crippen molar-refractivity contribution in [2.75, 3.05) is 12.4 Å². The summed E-state index contributed by atoms with van der Waals surface area (Å²) in [6.07, 6.45) is 0.823. The van der Waals surface area contributed by atoms with E-state index in [1.165, 1.54) is 21.8 Å². The highest BCUT2D eigenvalue weighted by molar-refractivity contribution is 7.16. The largest absolute Gasteiger partial charge is 0.497 e. The summed E-state index contributed by atoms with van der Waals surface area (Å²) in [6.45, 7) is 0. The topological polar surface area (TPSA) is 51.2 Å². The molecule has 1 aromatic heterocycles. The Morgan fingerprint density at radius 3 is 2.85 bits per heavy atom. The number of amides is 1. The van der Waals surface area contributed by atoms with E-state index in [9.17, 15) is 4.79 Å². The maximum absolute atomic E-state index is 12.8. The smallest absolute Gasteiger partial charge is 0.258 e. The molecule has 0 fully saturated rings. The molecular weight excluding hydrogens is 356 g/mol. The molecule has 0 bridgehead atoms. The van der Waals surface area contributed by atoms with Gasteiger partial charge in [-0.25, -0.2) is 4.98 Å². The molecule has 0 radical (unpaired) electrons. The van der Waals surface area contributed by atoms with Crippen molar-refractivity contribution in [1.29, 1.82) is 0 Å². The van der Waals surface area contributed by atoms with Gasteiger partial charge < -0.3 is 4.74 Å². The highest BCUT2D eigenvalue weighted by Crippen LogP contribution is 2.42. The summed E-state index contributed by atoms with van der Waals surface area (Å²) in [5.74, 6) is 0.725. The Morgan fingerprint density at radius 2 is 1.96 bits per heavy atom. The van der Waals surface area contributed by atoms with Crippen LogP contribution in [-0.2, 0) is 6.42 Å². The number of hydrogen-bond acceptors (Lipinski definition) is 4. The van der Waals surface area contributed by atoms with Gasteiger partial charge in [-0.3, -0.25) is 10.1 Å². The van der Waals surface area contributed by atoms with Gasteiger partial charge in [0.25, 0.3) is 5.91 Å². The Hall–Kier alpha value is -3.18. The molecule has 5 heteroatoms. The first-order valence-electron chi connectivity index (χ1n) is 8.69. The number of nitrogens with one attached hydrogen (secondary N) is 1. The number of methoxy groups -OCH3 is 1. The zero-order valence-electron chi connectivity index (χ0n) is 14.7. The molecule has 0 unspecified atom stereocenters. The Labute approximate surface area is 160 Å². The van der Waals surface area contributed by atoms with Gasteiger partial charge in [-0.2, -0.15) is 0 Å². The van der Waals surface area contributed by atoms with Gasteiger partial charge in [0.1, 0.15) is 5.75 Å². The van der Waals surface area contributed by atoms with Crippen LogP contribution < -0.4 is 10.1 Å². The van der Waals surface area contributed by atoms with Crippen molar-refractivity contribution in [2.45, 2.75) is 6.42 Å². The van der Waals surface area contributed by atoms with E-state index in [-0.39, 0.29) is 5.91 Å². The normalized spacial score (nSPS) is 11.9. The zero-order valence-corrected chi connectivity index (χ0v) is 15.5. The van der Waals surface area contributed by atoms with Crippen molar-refractivity contribution in [3.63, 3.8) is 0 Å². The Morgan fingerprint density at radius 1 is 1.11 bits per heavy atom. The molecule has 27 heavy (non-hydrogen) atoms. The van der Waals surface area contributed by atoms with Crippen LogP contribution in [0.3, 0.4) is 0 Å². The summed E-state index contributed by atoms with van der Waals surface area (Å²) in [4.78, 5) is 18.7. The number of ether oxygens (including phenoxy) is 1. The number of hydrogen-bond donors (Lipinski definition) is 1. The summed E-state index contributed by atoms with van der Waals surface area (Å²) in [5, 5.41) is 5.61. The van der Waals surface area contributed by atoms with E-state index in [0.29, 0.717) is 10.7 Å². The fraction of sp³-hybridized carbons (Fsp3) is 0.0909. The van der Waals surface area contributed by atoms with Crippen molar-refractivity contribution in [1.82, 2.24) is 4.98 Å². The van der Waals surface area contributed by atoms with Crippen LogP contribution in [0.5, 0.6) is 5.75 Å². The molecule has 3 aromatic carbocycles. The van der Waals surface area contributed by atoms with Crippen molar-refractivity contribution in [3.8, 4) is 17.0 Å². The Bertz CT molecular complexity index is 1190. The molecule has 0 aliphatic heterocycles. The van der Waals surface area contributed by atoms with E-state index in [2.05, 4.69) is 16.4 Å². The number of nitrogens with zero attached hydrogens (tertiary/aromatic N) is 1. The number of thiazole rings is 1. The van der Waals surface area contributed by atoms with Crippen molar-refractivity contribution in [2.24, 2.45) is 0 Å². The molecule has 1 aliphatic rings. The average molecular weight is 372 g/mol. The fourth-order valence-corrected chi connectivity index (χ4v) is 4.56. The van der Waals surface area contributed by atoms with Crippen LogP contribution >= 0.6 is 11.3 Å². The highest BCUT2D eigenvalue weighted by Gasteiger charge is 2.24. The average Bonchev–Trinajstić information content (AvgIpc) is 3.23. The number of aromatic nitrogens is 1. The Kier molecular flexibility index (Phi) is 3.69. The second-order valence-electron chi connectivity index (χ2n) is 6.47. The van der Waals surface area contributed by atoms with E-state index in [1.807, 2.05) is 54.6 Å². The molecule has 0 saturated heterocycles. The first-order chi connectivity index (χ1) is 13.2. The van der Waals surface area contributed by atoms with Crippen LogP contribution in [0.1, 0.15) is 20.8 Å². The number of anilines is 1. The minimum Gasteiger partial charge on any atom is -0.497 e. The quantitative estimate of drug-likeness (QED) is 0.478. The van der Waals surface area contributed by atoms with Gasteiger partial charge in [0, 0.05) is 22.4 Å². The fourth-order valence-electron chi connectivity index (χ4n) is 3.57. The van der Waals surface area contributed by atoms with Gasteiger partial charge in [0.05, 0.1) is 12.8 Å². The number of carbonyl (C=O) groups is 1. The molecule has 0 saturated carbocycles. The molecule has 0 spiro atoms. The lowest BCUT2D eigenvalue weighted by atomic mass is 10.0. The summed E-state index contributed by atoms with van der Waals surface area (Å²) >= 11 is 1.54. The molecule has 132 valence electrons. The van der Waals surface area contributed by atoms with E-state index < -0.39 is 0 Å². The van der Waals surface area contributed by atoms with Crippen LogP contribution in [0.15, 0.2) is 60.7 Å². The van der Waals surface area contributed by atoms with Gasteiger partial charge in [-0.1, -0.05) is 36.4 Å². The van der Waals surface area contributed by atoms with Crippen LogP contribution in [0, 0.1) is 0 Å². The molecule has 5 rings (SSSR count). The molecular formula is C22H16N2O2S. The molecule has 4 nitrogen and oxygen atoms in total. The predicted molar refractivity (Wildman–Crippen MR) is 109 cm³/mol. The van der Waals surface area contributed by atoms with E-state index in [4.69, 9.17) is 4.74 Å². The van der Waals surface area contributed by atoms with Gasteiger partial charge in [-0.05, 0) is 40.6 Å². The van der Waals surface area contributed by atoms with Gasteiger partial charge in [0.15, 0.2) is 5.13 Å². The SMILES string of the molecule is COc1ccc2c(c1)Cc1sc(NC(=O)c3cccc4ccccc34)nc1-2. The minimum absolute atomic E-state index is 0.130. The lowest BCUT2D eigenvalue weighted by Crippen LogP contribution is -2.12. The third kappa shape index (κ3) is 2.67.